The van der Waals surface area contributed by atoms with Crippen LogP contribution in [0.2, 0.25) is 0 Å². The van der Waals surface area contributed by atoms with Crippen LogP contribution in [0.25, 0.3) is 0 Å². The zero-order valence-corrected chi connectivity index (χ0v) is 16.3. The van der Waals surface area contributed by atoms with Gasteiger partial charge in [0, 0.05) is 19.6 Å². The van der Waals surface area contributed by atoms with Gasteiger partial charge in [-0.25, -0.2) is 9.59 Å². The Morgan fingerprint density at radius 2 is 1.97 bits per heavy atom. The number of hydrogen-bond donors (Lipinski definition) is 0. The molecule has 0 radical (unpaired) electrons. The largest absolute Gasteiger partial charge is 0.448 e. The van der Waals surface area contributed by atoms with Gasteiger partial charge in [-0.3, -0.25) is 9.58 Å². The fourth-order valence-corrected chi connectivity index (χ4v) is 3.64. The summed E-state index contributed by atoms with van der Waals surface area (Å²) in [5, 5.41) is 8.33. The highest BCUT2D eigenvalue weighted by Crippen LogP contribution is 2.20. The number of amides is 2. The van der Waals surface area contributed by atoms with E-state index in [2.05, 4.69) is 10.3 Å². The van der Waals surface area contributed by atoms with Crippen molar-refractivity contribution in [1.82, 2.24) is 24.8 Å². The van der Waals surface area contributed by atoms with Gasteiger partial charge in [0.2, 0.25) is 0 Å². The van der Waals surface area contributed by atoms with E-state index in [4.69, 9.17) is 9.47 Å². The van der Waals surface area contributed by atoms with Crippen LogP contribution in [0.3, 0.4) is 0 Å². The molecule has 9 heteroatoms. The van der Waals surface area contributed by atoms with Gasteiger partial charge in [-0.1, -0.05) is 35.5 Å². The summed E-state index contributed by atoms with van der Waals surface area (Å²) in [6.45, 7) is 3.85. The molecule has 1 aromatic carbocycles. The third-order valence-electron chi connectivity index (χ3n) is 5.31. The fourth-order valence-electron chi connectivity index (χ4n) is 3.64. The van der Waals surface area contributed by atoms with E-state index in [1.54, 1.807) is 9.80 Å². The van der Waals surface area contributed by atoms with Crippen molar-refractivity contribution in [2.24, 2.45) is 5.92 Å². The minimum atomic E-state index is -0.300. The Labute approximate surface area is 169 Å². The predicted octanol–water partition coefficient (Wildman–Crippen LogP) is 2.28. The lowest BCUT2D eigenvalue weighted by Crippen LogP contribution is -2.39. The van der Waals surface area contributed by atoms with E-state index < -0.39 is 0 Å². The van der Waals surface area contributed by atoms with Gasteiger partial charge in [0.25, 0.3) is 0 Å². The monoisotopic (exact) mass is 399 g/mol. The van der Waals surface area contributed by atoms with Gasteiger partial charge in [0.05, 0.1) is 19.3 Å². The number of rotatable bonds is 6. The standard InChI is InChI=1S/C20H25N5O4/c26-19(29-15-17-4-2-1-3-5-17)23-8-6-16(7-9-23)12-25-14-18(21-22-25)13-24-10-11-28-20(24)27/h1-5,14,16H,6-13,15H2. The second-order valence-corrected chi connectivity index (χ2v) is 7.44. The first-order chi connectivity index (χ1) is 14.2. The van der Waals surface area contributed by atoms with Crippen molar-refractivity contribution in [3.05, 3.63) is 47.8 Å². The van der Waals surface area contributed by atoms with Gasteiger partial charge >= 0.3 is 12.2 Å². The van der Waals surface area contributed by atoms with Crippen LogP contribution in [0.5, 0.6) is 0 Å². The summed E-state index contributed by atoms with van der Waals surface area (Å²) in [5.74, 6) is 0.430. The number of piperidine rings is 1. The number of hydrogen-bond acceptors (Lipinski definition) is 6. The molecule has 1 aromatic heterocycles. The molecule has 9 nitrogen and oxygen atoms in total. The van der Waals surface area contributed by atoms with Gasteiger partial charge in [0.1, 0.15) is 18.9 Å². The molecule has 0 unspecified atom stereocenters. The van der Waals surface area contributed by atoms with Crippen molar-refractivity contribution in [3.8, 4) is 0 Å². The SMILES string of the molecule is O=C(OCc1ccccc1)N1CCC(Cn2cc(CN3CCOC3=O)nn2)CC1. The van der Waals surface area contributed by atoms with Crippen molar-refractivity contribution in [1.29, 1.82) is 0 Å². The van der Waals surface area contributed by atoms with Crippen molar-refractivity contribution >= 4 is 12.2 Å². The van der Waals surface area contributed by atoms with Gasteiger partial charge in [0.15, 0.2) is 0 Å². The van der Waals surface area contributed by atoms with Gasteiger partial charge in [-0.2, -0.15) is 0 Å². The molecule has 2 fully saturated rings. The maximum absolute atomic E-state index is 12.3. The number of likely N-dealkylation sites (tertiary alicyclic amines) is 1. The number of cyclic esters (lactones) is 1. The van der Waals surface area contributed by atoms with Gasteiger partial charge in [-0.15, -0.1) is 5.10 Å². The molecule has 2 saturated heterocycles. The van der Waals surface area contributed by atoms with Crippen LogP contribution in [0.15, 0.2) is 36.5 Å². The lowest BCUT2D eigenvalue weighted by atomic mass is 9.97. The Kier molecular flexibility index (Phi) is 5.92. The number of ether oxygens (including phenoxy) is 2. The average molecular weight is 399 g/mol. The second-order valence-electron chi connectivity index (χ2n) is 7.44. The highest BCUT2D eigenvalue weighted by Gasteiger charge is 2.25. The summed E-state index contributed by atoms with van der Waals surface area (Å²) in [4.78, 5) is 27.2. The van der Waals surface area contributed by atoms with Crippen molar-refractivity contribution in [2.75, 3.05) is 26.2 Å². The maximum atomic E-state index is 12.3. The Bertz CT molecular complexity index is 832. The first kappa shape index (κ1) is 19.2. The molecule has 0 bridgehead atoms. The summed E-state index contributed by atoms with van der Waals surface area (Å²) < 4.78 is 12.2. The molecule has 29 heavy (non-hydrogen) atoms. The van der Waals surface area contributed by atoms with Crippen molar-refractivity contribution < 1.29 is 19.1 Å². The Hall–Kier alpha value is -3.10. The van der Waals surface area contributed by atoms with E-state index in [0.29, 0.717) is 45.3 Å². The quantitative estimate of drug-likeness (QED) is 0.740. The third kappa shape index (κ3) is 5.04. The molecule has 0 atom stereocenters. The smallest absolute Gasteiger partial charge is 0.410 e. The maximum Gasteiger partial charge on any atom is 0.410 e. The van der Waals surface area contributed by atoms with Crippen LogP contribution in [-0.4, -0.2) is 63.2 Å². The van der Waals surface area contributed by atoms with E-state index >= 15 is 0 Å². The minimum absolute atomic E-state index is 0.257. The molecule has 2 aliphatic rings. The predicted molar refractivity (Wildman–Crippen MR) is 103 cm³/mol. The molecule has 4 rings (SSSR count). The van der Waals surface area contributed by atoms with Gasteiger partial charge < -0.3 is 14.4 Å². The molecule has 2 aliphatic heterocycles. The van der Waals surface area contributed by atoms with E-state index in [0.717, 1.165) is 30.6 Å². The summed E-state index contributed by atoms with van der Waals surface area (Å²) in [5.41, 5.74) is 1.74. The van der Waals surface area contributed by atoms with Crippen LogP contribution in [0, 0.1) is 5.92 Å². The average Bonchev–Trinajstić information content (AvgIpc) is 3.36. The molecule has 0 aliphatic carbocycles. The normalized spacial score (nSPS) is 17.4. The summed E-state index contributed by atoms with van der Waals surface area (Å²) in [7, 11) is 0. The van der Waals surface area contributed by atoms with Gasteiger partial charge in [-0.05, 0) is 24.3 Å². The Morgan fingerprint density at radius 3 is 2.69 bits per heavy atom. The van der Waals surface area contributed by atoms with Crippen LogP contribution < -0.4 is 0 Å². The van der Waals surface area contributed by atoms with Crippen LogP contribution in [0.1, 0.15) is 24.1 Å². The zero-order valence-electron chi connectivity index (χ0n) is 16.3. The lowest BCUT2D eigenvalue weighted by Gasteiger charge is -2.31. The molecule has 0 N–H and O–H groups in total. The van der Waals surface area contributed by atoms with E-state index in [1.165, 1.54) is 0 Å². The molecular weight excluding hydrogens is 374 g/mol. The third-order valence-corrected chi connectivity index (χ3v) is 5.31. The summed E-state index contributed by atoms with van der Waals surface area (Å²) >= 11 is 0. The van der Waals surface area contributed by atoms with Crippen molar-refractivity contribution in [3.63, 3.8) is 0 Å². The molecule has 154 valence electrons. The van der Waals surface area contributed by atoms with Crippen molar-refractivity contribution in [2.45, 2.75) is 32.5 Å². The second kappa shape index (κ2) is 8.93. The Balaban J connectivity index is 1.20. The topological polar surface area (TPSA) is 89.8 Å². The first-order valence-corrected chi connectivity index (χ1v) is 9.94. The lowest BCUT2D eigenvalue weighted by molar-refractivity contribution is 0.0803. The highest BCUT2D eigenvalue weighted by molar-refractivity contribution is 5.69. The summed E-state index contributed by atoms with van der Waals surface area (Å²) in [6, 6.07) is 9.69. The Morgan fingerprint density at radius 1 is 1.17 bits per heavy atom. The molecule has 2 aromatic rings. The fraction of sp³-hybridized carbons (Fsp3) is 0.500. The molecule has 2 amide bonds. The van der Waals surface area contributed by atoms with E-state index in [1.807, 2.05) is 41.2 Å². The molecular formula is C20H25N5O4. The molecule has 0 saturated carbocycles. The zero-order chi connectivity index (χ0) is 20.1. The molecule has 0 spiro atoms. The van der Waals surface area contributed by atoms with E-state index in [-0.39, 0.29) is 12.2 Å². The number of benzene rings is 1. The number of carbonyl (C=O) groups is 2. The number of aromatic nitrogens is 3. The first-order valence-electron chi connectivity index (χ1n) is 9.94. The van der Waals surface area contributed by atoms with Crippen LogP contribution in [-0.2, 0) is 29.2 Å². The van der Waals surface area contributed by atoms with Crippen LogP contribution >= 0.6 is 0 Å². The number of carbonyl (C=O) groups excluding carboxylic acids is 2. The summed E-state index contributed by atoms with van der Waals surface area (Å²) in [6.07, 6.45) is 3.12. The molecule has 3 heterocycles. The number of nitrogens with zero attached hydrogens (tertiary/aromatic N) is 5. The van der Waals surface area contributed by atoms with E-state index in [9.17, 15) is 9.59 Å². The van der Waals surface area contributed by atoms with Crippen LogP contribution in [0.4, 0.5) is 9.59 Å². The highest BCUT2D eigenvalue weighted by atomic mass is 16.6. The minimum Gasteiger partial charge on any atom is -0.448 e.